The first-order valence-corrected chi connectivity index (χ1v) is 5.40. The van der Waals surface area contributed by atoms with Gasteiger partial charge < -0.3 is 4.40 Å². The highest BCUT2D eigenvalue weighted by Gasteiger charge is 2.04. The Morgan fingerprint density at radius 1 is 1.54 bits per heavy atom. The fourth-order valence-electron chi connectivity index (χ4n) is 1.30. The largest absolute Gasteiger partial charge is 0.305 e. The first kappa shape index (κ1) is 9.03. The topological polar surface area (TPSA) is 17.3 Å². The lowest BCUT2D eigenvalue weighted by atomic mass is 10.3. The average Bonchev–Trinajstić information content (AvgIpc) is 2.47. The summed E-state index contributed by atoms with van der Waals surface area (Å²) < 4.78 is 1.95. The number of halogens is 2. The Morgan fingerprint density at radius 3 is 3.00 bits per heavy atom. The number of alkyl halides is 1. The van der Waals surface area contributed by atoms with E-state index in [1.54, 1.807) is 0 Å². The molecule has 0 bridgehead atoms. The molecular formula is C9H8BrClN2. The molecule has 0 radical (unpaired) electrons. The SMILES string of the molecule is Cc1cc(Cl)c2nc(CBr)cn2c1. The summed E-state index contributed by atoms with van der Waals surface area (Å²) in [6.45, 7) is 2.01. The number of rotatable bonds is 1. The van der Waals surface area contributed by atoms with Gasteiger partial charge in [0.2, 0.25) is 0 Å². The molecule has 0 aromatic carbocycles. The third-order valence-electron chi connectivity index (χ3n) is 1.83. The van der Waals surface area contributed by atoms with Crippen LogP contribution in [-0.4, -0.2) is 9.38 Å². The summed E-state index contributed by atoms with van der Waals surface area (Å²) in [5.41, 5.74) is 2.95. The van der Waals surface area contributed by atoms with Gasteiger partial charge in [-0.3, -0.25) is 0 Å². The van der Waals surface area contributed by atoms with E-state index in [2.05, 4.69) is 20.9 Å². The summed E-state index contributed by atoms with van der Waals surface area (Å²) in [6.07, 6.45) is 3.99. The second-order valence-corrected chi connectivity index (χ2v) is 3.93. The van der Waals surface area contributed by atoms with Crippen LogP contribution in [0.2, 0.25) is 5.02 Å². The molecular weight excluding hydrogens is 251 g/mol. The summed E-state index contributed by atoms with van der Waals surface area (Å²) in [4.78, 5) is 4.36. The third-order valence-corrected chi connectivity index (χ3v) is 2.68. The van der Waals surface area contributed by atoms with E-state index in [4.69, 9.17) is 11.6 Å². The lowest BCUT2D eigenvalue weighted by Crippen LogP contribution is -1.85. The van der Waals surface area contributed by atoms with Crippen LogP contribution < -0.4 is 0 Å². The molecule has 0 atom stereocenters. The molecule has 0 fully saturated rings. The Balaban J connectivity index is 2.75. The Labute approximate surface area is 89.7 Å². The molecule has 0 spiro atoms. The highest BCUT2D eigenvalue weighted by molar-refractivity contribution is 9.08. The molecule has 2 heterocycles. The molecule has 2 rings (SSSR count). The number of pyridine rings is 1. The molecule has 0 saturated carbocycles. The lowest BCUT2D eigenvalue weighted by Gasteiger charge is -1.97. The second-order valence-electron chi connectivity index (χ2n) is 2.96. The van der Waals surface area contributed by atoms with Crippen molar-refractivity contribution >= 4 is 33.2 Å². The molecule has 0 aliphatic heterocycles. The van der Waals surface area contributed by atoms with Gasteiger partial charge in [0.1, 0.15) is 0 Å². The monoisotopic (exact) mass is 258 g/mol. The van der Waals surface area contributed by atoms with Gasteiger partial charge >= 0.3 is 0 Å². The van der Waals surface area contributed by atoms with Gasteiger partial charge in [-0.2, -0.15) is 0 Å². The number of aryl methyl sites for hydroxylation is 1. The van der Waals surface area contributed by atoms with E-state index >= 15 is 0 Å². The molecule has 0 saturated heterocycles. The molecule has 2 nitrogen and oxygen atoms in total. The number of fused-ring (bicyclic) bond motifs is 1. The zero-order valence-electron chi connectivity index (χ0n) is 7.09. The minimum absolute atomic E-state index is 0.701. The van der Waals surface area contributed by atoms with Crippen molar-refractivity contribution in [2.24, 2.45) is 0 Å². The van der Waals surface area contributed by atoms with Crippen LogP contribution in [-0.2, 0) is 5.33 Å². The van der Waals surface area contributed by atoms with Gasteiger partial charge in [-0.15, -0.1) is 0 Å². The van der Waals surface area contributed by atoms with Crippen LogP contribution in [0.5, 0.6) is 0 Å². The molecule has 0 aliphatic rings. The van der Waals surface area contributed by atoms with Crippen molar-refractivity contribution < 1.29 is 0 Å². The number of hydrogen-bond donors (Lipinski definition) is 0. The van der Waals surface area contributed by atoms with Crippen molar-refractivity contribution in [2.45, 2.75) is 12.3 Å². The molecule has 2 aromatic rings. The smallest absolute Gasteiger partial charge is 0.155 e. The van der Waals surface area contributed by atoms with E-state index in [0.717, 1.165) is 22.2 Å². The van der Waals surface area contributed by atoms with E-state index in [1.165, 1.54) is 0 Å². The minimum atomic E-state index is 0.701. The normalized spacial score (nSPS) is 11.0. The van der Waals surface area contributed by atoms with Crippen molar-refractivity contribution in [3.63, 3.8) is 0 Å². The van der Waals surface area contributed by atoms with Crippen LogP contribution >= 0.6 is 27.5 Å². The Bertz CT molecular complexity index is 450. The van der Waals surface area contributed by atoms with Crippen molar-refractivity contribution in [3.05, 3.63) is 34.7 Å². The summed E-state index contributed by atoms with van der Waals surface area (Å²) in [5, 5.41) is 1.46. The van der Waals surface area contributed by atoms with Crippen LogP contribution in [0.1, 0.15) is 11.3 Å². The molecule has 0 amide bonds. The van der Waals surface area contributed by atoms with Gasteiger partial charge in [0.15, 0.2) is 5.65 Å². The zero-order valence-corrected chi connectivity index (χ0v) is 9.43. The van der Waals surface area contributed by atoms with Gasteiger partial charge in [-0.25, -0.2) is 4.98 Å². The van der Waals surface area contributed by atoms with Gasteiger partial charge in [0.25, 0.3) is 0 Å². The van der Waals surface area contributed by atoms with Crippen molar-refractivity contribution in [1.82, 2.24) is 9.38 Å². The number of imidazole rings is 1. The summed E-state index contributed by atoms with van der Waals surface area (Å²) in [7, 11) is 0. The maximum Gasteiger partial charge on any atom is 0.155 e. The highest BCUT2D eigenvalue weighted by atomic mass is 79.9. The van der Waals surface area contributed by atoms with Crippen LogP contribution in [0, 0.1) is 6.92 Å². The number of hydrogen-bond acceptors (Lipinski definition) is 1. The van der Waals surface area contributed by atoms with E-state index in [1.807, 2.05) is 29.8 Å². The van der Waals surface area contributed by atoms with Gasteiger partial charge in [-0.05, 0) is 18.6 Å². The standard InChI is InChI=1S/C9H8BrClN2/c1-6-2-8(11)9-12-7(3-10)5-13(9)4-6/h2,4-5H,3H2,1H3. The third kappa shape index (κ3) is 1.58. The zero-order chi connectivity index (χ0) is 9.42. The summed E-state index contributed by atoms with van der Waals surface area (Å²) in [6, 6.07) is 1.92. The first-order valence-electron chi connectivity index (χ1n) is 3.90. The molecule has 4 heteroatoms. The predicted octanol–water partition coefficient (Wildman–Crippen LogP) is 3.19. The lowest BCUT2D eigenvalue weighted by molar-refractivity contribution is 1.15. The van der Waals surface area contributed by atoms with Crippen molar-refractivity contribution in [3.8, 4) is 0 Å². The fourth-order valence-corrected chi connectivity index (χ4v) is 1.89. The minimum Gasteiger partial charge on any atom is -0.305 e. The van der Waals surface area contributed by atoms with Crippen LogP contribution in [0.4, 0.5) is 0 Å². The molecule has 2 aromatic heterocycles. The average molecular weight is 260 g/mol. The molecule has 0 aliphatic carbocycles. The number of nitrogens with zero attached hydrogens (tertiary/aromatic N) is 2. The van der Waals surface area contributed by atoms with Crippen molar-refractivity contribution in [2.75, 3.05) is 0 Å². The molecule has 13 heavy (non-hydrogen) atoms. The maximum atomic E-state index is 6.03. The second kappa shape index (κ2) is 3.31. The molecule has 0 unspecified atom stereocenters. The van der Waals surface area contributed by atoms with E-state index in [-0.39, 0.29) is 0 Å². The Morgan fingerprint density at radius 2 is 2.31 bits per heavy atom. The Hall–Kier alpha value is -0.540. The summed E-state index contributed by atoms with van der Waals surface area (Å²) >= 11 is 9.39. The van der Waals surface area contributed by atoms with E-state index in [9.17, 15) is 0 Å². The quantitative estimate of drug-likeness (QED) is 0.719. The maximum absolute atomic E-state index is 6.03. The van der Waals surface area contributed by atoms with Gasteiger partial charge in [-0.1, -0.05) is 27.5 Å². The fraction of sp³-hybridized carbons (Fsp3) is 0.222. The van der Waals surface area contributed by atoms with E-state index < -0.39 is 0 Å². The van der Waals surface area contributed by atoms with Gasteiger partial charge in [0, 0.05) is 17.7 Å². The first-order chi connectivity index (χ1) is 6.20. The molecule has 68 valence electrons. The number of aromatic nitrogens is 2. The van der Waals surface area contributed by atoms with Crippen LogP contribution in [0.25, 0.3) is 5.65 Å². The Kier molecular flexibility index (Phi) is 2.30. The van der Waals surface area contributed by atoms with Crippen LogP contribution in [0.15, 0.2) is 18.5 Å². The highest BCUT2D eigenvalue weighted by Crippen LogP contribution is 2.19. The summed E-state index contributed by atoms with van der Waals surface area (Å²) in [5.74, 6) is 0. The van der Waals surface area contributed by atoms with E-state index in [0.29, 0.717) is 5.02 Å². The van der Waals surface area contributed by atoms with Gasteiger partial charge in [0.05, 0.1) is 10.7 Å². The van der Waals surface area contributed by atoms with Crippen molar-refractivity contribution in [1.29, 1.82) is 0 Å². The molecule has 0 N–H and O–H groups in total. The predicted molar refractivity (Wildman–Crippen MR) is 57.6 cm³/mol. The van der Waals surface area contributed by atoms with Crippen LogP contribution in [0.3, 0.4) is 0 Å².